The van der Waals surface area contributed by atoms with E-state index in [9.17, 15) is 19.8 Å². The molecule has 0 bridgehead atoms. The zero-order chi connectivity index (χ0) is 48.6. The number of carbonyl (C=O) groups is 2. The van der Waals surface area contributed by atoms with Gasteiger partial charge >= 0.3 is 5.97 Å². The van der Waals surface area contributed by atoms with Crippen LogP contribution in [0, 0.1) is 0 Å². The maximum absolute atomic E-state index is 12.5. The smallest absolute Gasteiger partial charge is 0.305 e. The summed E-state index contributed by atoms with van der Waals surface area (Å²) >= 11 is 0. The van der Waals surface area contributed by atoms with Gasteiger partial charge in [-0.1, -0.05) is 289 Å². The fraction of sp³-hybridized carbons (Fsp3) is 0.934. The number of rotatable bonds is 57. The first-order valence-corrected chi connectivity index (χ1v) is 30.4. The van der Waals surface area contributed by atoms with Crippen molar-refractivity contribution in [2.75, 3.05) is 13.2 Å². The zero-order valence-corrected chi connectivity index (χ0v) is 45.4. The van der Waals surface area contributed by atoms with E-state index in [1.165, 1.54) is 263 Å². The van der Waals surface area contributed by atoms with Crippen molar-refractivity contribution in [1.29, 1.82) is 0 Å². The van der Waals surface area contributed by atoms with Gasteiger partial charge in [-0.3, -0.25) is 9.59 Å². The van der Waals surface area contributed by atoms with Crippen LogP contribution in [0.25, 0.3) is 0 Å². The van der Waals surface area contributed by atoms with E-state index in [1.54, 1.807) is 0 Å². The van der Waals surface area contributed by atoms with Crippen molar-refractivity contribution < 1.29 is 24.5 Å². The van der Waals surface area contributed by atoms with Crippen LogP contribution >= 0.6 is 0 Å². The Balaban J connectivity index is 3.41. The Labute approximate surface area is 419 Å². The Kier molecular flexibility index (Phi) is 56.0. The number of carbonyl (C=O) groups excluding carboxylic acids is 2. The summed E-state index contributed by atoms with van der Waals surface area (Å²) in [4.78, 5) is 24.6. The normalized spacial score (nSPS) is 12.6. The SMILES string of the molecule is CCCCCCCCC/C=C\CCCCCCCC(=O)OCCCCCCCCCCCCCCCCCCC(=O)NC(CO)C(O)CCCCCCCCCCCCCCCCCCCC. The van der Waals surface area contributed by atoms with Gasteiger partial charge in [0.2, 0.25) is 5.91 Å². The van der Waals surface area contributed by atoms with Crippen molar-refractivity contribution in [3.8, 4) is 0 Å². The van der Waals surface area contributed by atoms with Crippen molar-refractivity contribution in [3.63, 3.8) is 0 Å². The Morgan fingerprint density at radius 1 is 0.403 bits per heavy atom. The van der Waals surface area contributed by atoms with Gasteiger partial charge in [0.15, 0.2) is 0 Å². The zero-order valence-electron chi connectivity index (χ0n) is 45.4. The molecule has 6 heteroatoms. The van der Waals surface area contributed by atoms with Crippen molar-refractivity contribution in [1.82, 2.24) is 5.32 Å². The number of ether oxygens (including phenoxy) is 1. The van der Waals surface area contributed by atoms with Crippen LogP contribution in [-0.2, 0) is 14.3 Å². The lowest BCUT2D eigenvalue weighted by Crippen LogP contribution is -2.45. The van der Waals surface area contributed by atoms with Crippen LogP contribution in [0.15, 0.2) is 12.2 Å². The number of hydrogen-bond donors (Lipinski definition) is 3. The molecule has 67 heavy (non-hydrogen) atoms. The summed E-state index contributed by atoms with van der Waals surface area (Å²) in [6.07, 6.45) is 67.8. The summed E-state index contributed by atoms with van der Waals surface area (Å²) in [6, 6.07) is -0.547. The topological polar surface area (TPSA) is 95.9 Å². The van der Waals surface area contributed by atoms with Crippen LogP contribution in [0.5, 0.6) is 0 Å². The second kappa shape index (κ2) is 57.2. The van der Waals surface area contributed by atoms with E-state index < -0.39 is 12.1 Å². The minimum Gasteiger partial charge on any atom is -0.466 e. The fourth-order valence-corrected chi connectivity index (χ4v) is 9.64. The number of aliphatic hydroxyl groups excluding tert-OH is 2. The molecular weight excluding hydrogens is 827 g/mol. The largest absolute Gasteiger partial charge is 0.466 e. The van der Waals surface area contributed by atoms with Crippen LogP contribution in [0.3, 0.4) is 0 Å². The predicted molar refractivity (Wildman–Crippen MR) is 292 cm³/mol. The summed E-state index contributed by atoms with van der Waals surface area (Å²) < 4.78 is 5.48. The highest BCUT2D eigenvalue weighted by Gasteiger charge is 2.20. The summed E-state index contributed by atoms with van der Waals surface area (Å²) in [6.45, 7) is 4.96. The average Bonchev–Trinajstić information content (AvgIpc) is 3.33. The van der Waals surface area contributed by atoms with Gasteiger partial charge in [0.05, 0.1) is 25.4 Å². The Morgan fingerprint density at radius 3 is 1.06 bits per heavy atom. The van der Waals surface area contributed by atoms with Gasteiger partial charge in [0.25, 0.3) is 0 Å². The van der Waals surface area contributed by atoms with Gasteiger partial charge in [0, 0.05) is 12.8 Å². The highest BCUT2D eigenvalue weighted by Crippen LogP contribution is 2.18. The van der Waals surface area contributed by atoms with Gasteiger partial charge in [-0.25, -0.2) is 0 Å². The standard InChI is InChI=1S/C61H119NO5/c1-3-5-7-9-11-13-15-17-19-21-22-25-29-33-37-41-45-49-53-59(64)58(57-63)62-60(65)54-50-46-42-38-34-30-26-23-24-28-32-36-40-44-48-52-56-67-61(66)55-51-47-43-39-35-31-27-20-18-16-14-12-10-8-6-4-2/h20,27,58-59,63-64H,3-19,21-26,28-57H2,1-2H3,(H,62,65)/b27-20-. The van der Waals surface area contributed by atoms with Gasteiger partial charge in [-0.15, -0.1) is 0 Å². The summed E-state index contributed by atoms with van der Waals surface area (Å²) in [5, 5.41) is 23.3. The van der Waals surface area contributed by atoms with Crippen molar-refractivity contribution >= 4 is 11.9 Å². The molecular formula is C61H119NO5. The summed E-state index contributed by atoms with van der Waals surface area (Å²) in [7, 11) is 0. The molecule has 0 fully saturated rings. The van der Waals surface area contributed by atoms with Gasteiger partial charge in [-0.2, -0.15) is 0 Å². The molecule has 3 N–H and O–H groups in total. The molecule has 0 aliphatic carbocycles. The van der Waals surface area contributed by atoms with Crippen LogP contribution in [-0.4, -0.2) is 47.4 Å². The monoisotopic (exact) mass is 946 g/mol. The molecule has 0 heterocycles. The number of esters is 1. The van der Waals surface area contributed by atoms with Crippen molar-refractivity contribution in [3.05, 3.63) is 12.2 Å². The van der Waals surface area contributed by atoms with E-state index in [0.29, 0.717) is 25.9 Å². The van der Waals surface area contributed by atoms with Crippen LogP contribution in [0.2, 0.25) is 0 Å². The lowest BCUT2D eigenvalue weighted by atomic mass is 10.0. The number of aliphatic hydroxyl groups is 2. The molecule has 2 unspecified atom stereocenters. The van der Waals surface area contributed by atoms with Gasteiger partial charge in [0.1, 0.15) is 0 Å². The maximum Gasteiger partial charge on any atom is 0.305 e. The third kappa shape index (κ3) is 53.8. The lowest BCUT2D eigenvalue weighted by Gasteiger charge is -2.22. The molecule has 398 valence electrons. The van der Waals surface area contributed by atoms with Gasteiger partial charge in [-0.05, 0) is 51.4 Å². The first kappa shape index (κ1) is 65.6. The quantitative estimate of drug-likeness (QED) is 0.0321. The summed E-state index contributed by atoms with van der Waals surface area (Å²) in [5.74, 6) is -0.0420. The van der Waals surface area contributed by atoms with E-state index in [1.807, 2.05) is 0 Å². The van der Waals surface area contributed by atoms with Crippen molar-refractivity contribution in [2.45, 2.75) is 353 Å². The molecule has 0 aliphatic heterocycles. The molecule has 2 atom stereocenters. The molecule has 0 radical (unpaired) electrons. The first-order chi connectivity index (χ1) is 33.0. The van der Waals surface area contributed by atoms with Crippen LogP contribution in [0.1, 0.15) is 341 Å². The molecule has 6 nitrogen and oxygen atoms in total. The number of amides is 1. The van der Waals surface area contributed by atoms with E-state index in [-0.39, 0.29) is 18.5 Å². The molecule has 0 aliphatic rings. The molecule has 0 saturated carbocycles. The van der Waals surface area contributed by atoms with E-state index in [2.05, 4.69) is 31.3 Å². The maximum atomic E-state index is 12.5. The lowest BCUT2D eigenvalue weighted by molar-refractivity contribution is -0.143. The number of unbranched alkanes of at least 4 members (excludes halogenated alkanes) is 44. The third-order valence-electron chi connectivity index (χ3n) is 14.3. The second-order valence-electron chi connectivity index (χ2n) is 21.0. The molecule has 0 aromatic rings. The van der Waals surface area contributed by atoms with Crippen LogP contribution in [0.4, 0.5) is 0 Å². The molecule has 0 spiro atoms. The van der Waals surface area contributed by atoms with Crippen LogP contribution < -0.4 is 5.32 Å². The fourth-order valence-electron chi connectivity index (χ4n) is 9.64. The molecule has 0 aromatic heterocycles. The van der Waals surface area contributed by atoms with Gasteiger partial charge < -0.3 is 20.3 Å². The van der Waals surface area contributed by atoms with E-state index >= 15 is 0 Å². The highest BCUT2D eigenvalue weighted by atomic mass is 16.5. The minimum absolute atomic E-state index is 0.00323. The number of allylic oxidation sites excluding steroid dienone is 2. The number of nitrogens with one attached hydrogen (secondary N) is 1. The second-order valence-corrected chi connectivity index (χ2v) is 21.0. The first-order valence-electron chi connectivity index (χ1n) is 30.4. The molecule has 0 aromatic carbocycles. The number of hydrogen-bond acceptors (Lipinski definition) is 5. The predicted octanol–water partition coefficient (Wildman–Crippen LogP) is 18.9. The minimum atomic E-state index is -0.669. The van der Waals surface area contributed by atoms with E-state index in [0.717, 1.165) is 44.9 Å². The Hall–Kier alpha value is -1.40. The Morgan fingerprint density at radius 2 is 0.701 bits per heavy atom. The highest BCUT2D eigenvalue weighted by molar-refractivity contribution is 5.76. The molecule has 0 saturated heterocycles. The summed E-state index contributed by atoms with van der Waals surface area (Å²) in [5.41, 5.74) is 0. The van der Waals surface area contributed by atoms with E-state index in [4.69, 9.17) is 4.74 Å². The molecule has 0 rings (SSSR count). The Bertz CT molecular complexity index is 1000. The third-order valence-corrected chi connectivity index (χ3v) is 14.3. The average molecular weight is 947 g/mol. The van der Waals surface area contributed by atoms with Crippen molar-refractivity contribution in [2.24, 2.45) is 0 Å². The molecule has 1 amide bonds.